The Hall–Kier alpha value is -3.35. The summed E-state index contributed by atoms with van der Waals surface area (Å²) in [4.78, 5) is 19.5. The van der Waals surface area contributed by atoms with Crippen LogP contribution in [0.2, 0.25) is 0 Å². The summed E-state index contributed by atoms with van der Waals surface area (Å²) >= 11 is 0. The Morgan fingerprint density at radius 1 is 1.16 bits per heavy atom. The van der Waals surface area contributed by atoms with Crippen LogP contribution >= 0.6 is 0 Å². The maximum Gasteiger partial charge on any atom is 0.251 e. The van der Waals surface area contributed by atoms with Crippen molar-refractivity contribution in [1.29, 1.82) is 0 Å². The molecule has 3 rings (SSSR count). The van der Waals surface area contributed by atoms with Gasteiger partial charge in [0.15, 0.2) is 5.96 Å². The summed E-state index contributed by atoms with van der Waals surface area (Å²) in [6.45, 7) is 5.33. The van der Waals surface area contributed by atoms with Crippen molar-refractivity contribution >= 4 is 22.8 Å². The van der Waals surface area contributed by atoms with E-state index in [1.807, 2.05) is 44.3 Å². The van der Waals surface area contributed by atoms with Gasteiger partial charge in [-0.1, -0.05) is 19.1 Å². The van der Waals surface area contributed by atoms with E-state index in [1.54, 1.807) is 13.1 Å². The number of carbonyl (C=O) groups excluding carboxylic acids is 1. The smallest absolute Gasteiger partial charge is 0.251 e. The molecule has 31 heavy (non-hydrogen) atoms. The molecule has 1 aromatic heterocycles. The molecule has 7 heteroatoms. The predicted molar refractivity (Wildman–Crippen MR) is 124 cm³/mol. The van der Waals surface area contributed by atoms with Crippen molar-refractivity contribution in [1.82, 2.24) is 20.9 Å². The molecule has 6 nitrogen and oxygen atoms in total. The number of nitrogens with one attached hydrogen (secondary N) is 4. The first-order valence-electron chi connectivity index (χ1n) is 10.6. The van der Waals surface area contributed by atoms with Gasteiger partial charge in [-0.05, 0) is 61.2 Å². The highest BCUT2D eigenvalue weighted by atomic mass is 19.1. The van der Waals surface area contributed by atoms with E-state index >= 15 is 0 Å². The largest absolute Gasteiger partial charge is 0.361 e. The van der Waals surface area contributed by atoms with Gasteiger partial charge in [-0.15, -0.1) is 0 Å². The lowest BCUT2D eigenvalue weighted by molar-refractivity contribution is 0.0939. The summed E-state index contributed by atoms with van der Waals surface area (Å²) in [5.74, 6) is 0.406. The molecule has 3 aromatic rings. The average molecular weight is 424 g/mol. The number of aromatic nitrogens is 1. The van der Waals surface area contributed by atoms with Crippen molar-refractivity contribution in [2.75, 3.05) is 13.6 Å². The molecule has 0 aliphatic heterocycles. The molecule has 164 valence electrons. The van der Waals surface area contributed by atoms with E-state index < -0.39 is 0 Å². The summed E-state index contributed by atoms with van der Waals surface area (Å²) in [5.41, 5.74) is 3.65. The number of aliphatic imine (C=N–C) groups is 1. The van der Waals surface area contributed by atoms with Crippen molar-refractivity contribution in [3.63, 3.8) is 0 Å². The number of amides is 1. The maximum absolute atomic E-state index is 13.3. The summed E-state index contributed by atoms with van der Waals surface area (Å²) in [5, 5.41) is 10.6. The number of guanidine groups is 1. The Morgan fingerprint density at radius 3 is 2.65 bits per heavy atom. The molecule has 1 atom stereocenters. The van der Waals surface area contributed by atoms with Crippen LogP contribution in [0.25, 0.3) is 10.9 Å². The van der Waals surface area contributed by atoms with Crippen molar-refractivity contribution in [2.45, 2.75) is 39.3 Å². The molecule has 4 N–H and O–H groups in total. The summed E-state index contributed by atoms with van der Waals surface area (Å²) in [7, 11) is 1.73. The number of H-pyrrole nitrogens is 1. The van der Waals surface area contributed by atoms with Crippen molar-refractivity contribution in [3.8, 4) is 0 Å². The number of carbonyl (C=O) groups is 1. The molecule has 0 saturated heterocycles. The second kappa shape index (κ2) is 10.6. The SMILES string of the molecule is CCC(C)NC(=O)c1ccc(CNC(=NC)NCCc2c[nH]c3cc(F)ccc23)cc1. The lowest BCUT2D eigenvalue weighted by Crippen LogP contribution is -2.37. The van der Waals surface area contributed by atoms with E-state index in [2.05, 4.69) is 25.9 Å². The van der Waals surface area contributed by atoms with Gasteiger partial charge in [0.25, 0.3) is 5.91 Å². The first-order chi connectivity index (χ1) is 15.0. The monoisotopic (exact) mass is 423 g/mol. The van der Waals surface area contributed by atoms with Crippen molar-refractivity contribution in [3.05, 3.63) is 71.2 Å². The Bertz CT molecular complexity index is 1040. The van der Waals surface area contributed by atoms with Crippen LogP contribution < -0.4 is 16.0 Å². The quantitative estimate of drug-likeness (QED) is 0.329. The van der Waals surface area contributed by atoms with Gasteiger partial charge in [0, 0.05) is 48.8 Å². The highest BCUT2D eigenvalue weighted by Gasteiger charge is 2.09. The van der Waals surface area contributed by atoms with Crippen molar-refractivity contribution in [2.24, 2.45) is 4.99 Å². The third-order valence-electron chi connectivity index (χ3n) is 5.31. The number of hydrogen-bond donors (Lipinski definition) is 4. The van der Waals surface area contributed by atoms with Gasteiger partial charge in [0.05, 0.1) is 0 Å². The number of halogens is 1. The van der Waals surface area contributed by atoms with E-state index in [4.69, 9.17) is 0 Å². The zero-order valence-corrected chi connectivity index (χ0v) is 18.3. The fourth-order valence-corrected chi connectivity index (χ4v) is 3.27. The number of benzene rings is 2. The number of aromatic amines is 1. The van der Waals surface area contributed by atoms with Gasteiger partial charge < -0.3 is 20.9 Å². The molecule has 0 radical (unpaired) electrons. The topological polar surface area (TPSA) is 81.3 Å². The van der Waals surface area contributed by atoms with Crippen LogP contribution in [-0.4, -0.2) is 36.5 Å². The lowest BCUT2D eigenvalue weighted by Gasteiger charge is -2.13. The van der Waals surface area contributed by atoms with Gasteiger partial charge in [0.1, 0.15) is 5.82 Å². The second-order valence-electron chi connectivity index (χ2n) is 7.59. The highest BCUT2D eigenvalue weighted by molar-refractivity contribution is 5.94. The van der Waals surface area contributed by atoms with Gasteiger partial charge >= 0.3 is 0 Å². The van der Waals surface area contributed by atoms with Crippen LogP contribution in [0.3, 0.4) is 0 Å². The van der Waals surface area contributed by atoms with Crippen LogP contribution in [0.1, 0.15) is 41.8 Å². The molecule has 0 aliphatic carbocycles. The Balaban J connectivity index is 1.47. The van der Waals surface area contributed by atoms with Crippen molar-refractivity contribution < 1.29 is 9.18 Å². The fraction of sp³-hybridized carbons (Fsp3) is 0.333. The zero-order valence-electron chi connectivity index (χ0n) is 18.3. The molecular formula is C24H30FN5O. The van der Waals surface area contributed by atoms with Crippen LogP contribution in [0.4, 0.5) is 4.39 Å². The summed E-state index contributed by atoms with van der Waals surface area (Å²) in [6.07, 6.45) is 3.60. The predicted octanol–water partition coefficient (Wildman–Crippen LogP) is 3.74. The lowest BCUT2D eigenvalue weighted by atomic mass is 10.1. The first kappa shape index (κ1) is 22.3. The van der Waals surface area contributed by atoms with Crippen LogP contribution in [-0.2, 0) is 13.0 Å². The number of nitrogens with zero attached hydrogens (tertiary/aromatic N) is 1. The molecule has 2 aromatic carbocycles. The molecule has 1 heterocycles. The standard InChI is InChI=1S/C24H30FN5O/c1-4-16(2)30-23(31)18-7-5-17(6-8-18)14-29-24(26-3)27-12-11-19-15-28-22-13-20(25)9-10-21(19)22/h5-10,13,15-16,28H,4,11-12,14H2,1-3H3,(H,30,31)(H2,26,27,29). The molecule has 0 fully saturated rings. The molecular weight excluding hydrogens is 393 g/mol. The van der Waals surface area contributed by atoms with Crippen LogP contribution in [0, 0.1) is 5.82 Å². The second-order valence-corrected chi connectivity index (χ2v) is 7.59. The summed E-state index contributed by atoms with van der Waals surface area (Å²) in [6, 6.07) is 12.5. The number of rotatable bonds is 8. The minimum absolute atomic E-state index is 0.0497. The first-order valence-corrected chi connectivity index (χ1v) is 10.6. The number of fused-ring (bicyclic) bond motifs is 1. The third kappa shape index (κ3) is 6.07. The molecule has 0 aliphatic rings. The van der Waals surface area contributed by atoms with Gasteiger partial charge in [-0.3, -0.25) is 9.79 Å². The Morgan fingerprint density at radius 2 is 1.94 bits per heavy atom. The van der Waals surface area contributed by atoms with E-state index in [1.165, 1.54) is 12.1 Å². The molecule has 0 bridgehead atoms. The van der Waals surface area contributed by atoms with Gasteiger partial charge in [0.2, 0.25) is 0 Å². The zero-order chi connectivity index (χ0) is 22.2. The minimum atomic E-state index is -0.243. The Kier molecular flexibility index (Phi) is 7.65. The maximum atomic E-state index is 13.3. The minimum Gasteiger partial charge on any atom is -0.361 e. The highest BCUT2D eigenvalue weighted by Crippen LogP contribution is 2.19. The normalized spacial score (nSPS) is 12.6. The van der Waals surface area contributed by atoms with E-state index in [0.717, 1.165) is 34.9 Å². The van der Waals surface area contributed by atoms with E-state index in [9.17, 15) is 9.18 Å². The Labute approximate surface area is 182 Å². The summed E-state index contributed by atoms with van der Waals surface area (Å²) < 4.78 is 13.3. The molecule has 0 spiro atoms. The third-order valence-corrected chi connectivity index (χ3v) is 5.31. The van der Waals surface area contributed by atoms with Crippen LogP contribution in [0.15, 0.2) is 53.7 Å². The van der Waals surface area contributed by atoms with E-state index in [-0.39, 0.29) is 17.8 Å². The fourth-order valence-electron chi connectivity index (χ4n) is 3.27. The van der Waals surface area contributed by atoms with E-state index in [0.29, 0.717) is 24.6 Å². The average Bonchev–Trinajstić information content (AvgIpc) is 3.18. The molecule has 0 saturated carbocycles. The number of hydrogen-bond acceptors (Lipinski definition) is 2. The van der Waals surface area contributed by atoms with Gasteiger partial charge in [-0.25, -0.2) is 4.39 Å². The molecule has 1 amide bonds. The van der Waals surface area contributed by atoms with Gasteiger partial charge in [-0.2, -0.15) is 0 Å². The van der Waals surface area contributed by atoms with Crippen LogP contribution in [0.5, 0.6) is 0 Å². The molecule has 1 unspecified atom stereocenters.